The highest BCUT2D eigenvalue weighted by Gasteiger charge is 2.11. The minimum absolute atomic E-state index is 0.166. The number of fused-ring (bicyclic) bond motifs is 1. The van der Waals surface area contributed by atoms with Crippen molar-refractivity contribution in [2.75, 3.05) is 0 Å². The minimum Gasteiger partial charge on any atom is -0.477 e. The topological polar surface area (TPSA) is 87.7 Å². The molecule has 1 aromatic carbocycles. The molecule has 0 aliphatic carbocycles. The summed E-state index contributed by atoms with van der Waals surface area (Å²) < 4.78 is 4.85. The molecular weight excluding hydrogens is 212 g/mol. The van der Waals surface area contributed by atoms with Crippen molar-refractivity contribution < 1.29 is 19.4 Å². The van der Waals surface area contributed by atoms with Crippen LogP contribution < -0.4 is 5.63 Å². The lowest BCUT2D eigenvalue weighted by molar-refractivity contribution is 0.0692. The fourth-order valence-corrected chi connectivity index (χ4v) is 1.40. The van der Waals surface area contributed by atoms with Gasteiger partial charge in [-0.15, -0.1) is 0 Å². The highest BCUT2D eigenvalue weighted by molar-refractivity contribution is 5.91. The summed E-state index contributed by atoms with van der Waals surface area (Å²) in [5.41, 5.74) is -0.431. The van der Waals surface area contributed by atoms with E-state index in [9.17, 15) is 9.59 Å². The van der Waals surface area contributed by atoms with Gasteiger partial charge in [0.15, 0.2) is 0 Å². The lowest BCUT2D eigenvalue weighted by atomic mass is 10.1. The van der Waals surface area contributed by atoms with Crippen molar-refractivity contribution in [2.24, 2.45) is 0 Å². The minimum atomic E-state index is -1.32. The summed E-state index contributed by atoms with van der Waals surface area (Å²) in [5, 5.41) is 18.1. The first kappa shape index (κ1) is 10.4. The molecule has 1 aromatic heterocycles. The summed E-state index contributed by atoms with van der Waals surface area (Å²) in [6.45, 7) is -0.166. The van der Waals surface area contributed by atoms with Crippen molar-refractivity contribution in [3.05, 3.63) is 45.8 Å². The Morgan fingerprint density at radius 2 is 2.06 bits per heavy atom. The van der Waals surface area contributed by atoms with Crippen LogP contribution in [0, 0.1) is 0 Å². The average molecular weight is 220 g/mol. The Morgan fingerprint density at radius 1 is 1.31 bits per heavy atom. The van der Waals surface area contributed by atoms with E-state index >= 15 is 0 Å². The maximum atomic E-state index is 11.3. The van der Waals surface area contributed by atoms with Crippen LogP contribution in [-0.4, -0.2) is 16.2 Å². The quantitative estimate of drug-likeness (QED) is 0.736. The number of rotatable bonds is 2. The normalized spacial score (nSPS) is 10.6. The molecule has 2 aromatic rings. The Morgan fingerprint density at radius 3 is 2.69 bits per heavy atom. The maximum absolute atomic E-state index is 11.3. The second-order valence-electron chi connectivity index (χ2n) is 3.28. The number of aromatic carboxylic acids is 1. The van der Waals surface area contributed by atoms with Crippen LogP contribution in [0.5, 0.6) is 0 Å². The molecule has 2 rings (SSSR count). The molecule has 5 heteroatoms. The zero-order valence-electron chi connectivity index (χ0n) is 8.14. The Bertz CT molecular complexity index is 611. The van der Waals surface area contributed by atoms with Gasteiger partial charge in [0.05, 0.1) is 6.61 Å². The highest BCUT2D eigenvalue weighted by atomic mass is 16.4. The smallest absolute Gasteiger partial charge is 0.351 e. The standard InChI is InChI=1S/C11H8O5/c12-5-6-1-2-7-4-8(10(13)14)11(15)16-9(7)3-6/h1-4,12H,5H2,(H,13,14). The van der Waals surface area contributed by atoms with Crippen LogP contribution in [0.1, 0.15) is 15.9 Å². The predicted molar refractivity (Wildman–Crippen MR) is 55.4 cm³/mol. The van der Waals surface area contributed by atoms with E-state index in [2.05, 4.69) is 0 Å². The van der Waals surface area contributed by atoms with Crippen molar-refractivity contribution in [3.8, 4) is 0 Å². The fourth-order valence-electron chi connectivity index (χ4n) is 1.40. The van der Waals surface area contributed by atoms with Crippen molar-refractivity contribution in [1.29, 1.82) is 0 Å². The third kappa shape index (κ3) is 1.68. The summed E-state index contributed by atoms with van der Waals surface area (Å²) in [6, 6.07) is 5.98. The molecule has 82 valence electrons. The third-order valence-electron chi connectivity index (χ3n) is 2.21. The summed E-state index contributed by atoms with van der Waals surface area (Å²) in [6.07, 6.45) is 0. The Hall–Kier alpha value is -2.14. The summed E-state index contributed by atoms with van der Waals surface area (Å²) in [7, 11) is 0. The van der Waals surface area contributed by atoms with Gasteiger partial charge in [-0.1, -0.05) is 12.1 Å². The van der Waals surface area contributed by atoms with Crippen LogP contribution in [0.15, 0.2) is 33.5 Å². The van der Waals surface area contributed by atoms with Gasteiger partial charge in [0.25, 0.3) is 0 Å². The van der Waals surface area contributed by atoms with Gasteiger partial charge >= 0.3 is 11.6 Å². The Balaban J connectivity index is 2.74. The lowest BCUT2D eigenvalue weighted by Crippen LogP contribution is -2.12. The van der Waals surface area contributed by atoms with Crippen LogP contribution in [0.25, 0.3) is 11.0 Å². The molecule has 1 heterocycles. The predicted octanol–water partition coefficient (Wildman–Crippen LogP) is 0.983. The van der Waals surface area contributed by atoms with Crippen LogP contribution in [-0.2, 0) is 6.61 Å². The van der Waals surface area contributed by atoms with Gasteiger partial charge in [0.1, 0.15) is 11.1 Å². The number of hydrogen-bond acceptors (Lipinski definition) is 4. The van der Waals surface area contributed by atoms with Crippen molar-refractivity contribution in [3.63, 3.8) is 0 Å². The number of carboxylic acids is 1. The molecule has 0 fully saturated rings. The van der Waals surface area contributed by atoms with Crippen LogP contribution in [0.2, 0.25) is 0 Å². The zero-order chi connectivity index (χ0) is 11.7. The van der Waals surface area contributed by atoms with E-state index in [-0.39, 0.29) is 12.2 Å². The monoisotopic (exact) mass is 220 g/mol. The molecule has 0 atom stereocenters. The average Bonchev–Trinajstić information content (AvgIpc) is 2.27. The number of carbonyl (C=O) groups is 1. The fraction of sp³-hybridized carbons (Fsp3) is 0.0909. The Kier molecular flexibility index (Phi) is 2.46. The second-order valence-corrected chi connectivity index (χ2v) is 3.28. The third-order valence-corrected chi connectivity index (χ3v) is 2.21. The maximum Gasteiger partial charge on any atom is 0.351 e. The van der Waals surface area contributed by atoms with E-state index in [0.29, 0.717) is 10.9 Å². The summed E-state index contributed by atoms with van der Waals surface area (Å²) in [4.78, 5) is 22.0. The molecule has 0 aliphatic heterocycles. The first-order valence-corrected chi connectivity index (χ1v) is 4.53. The van der Waals surface area contributed by atoms with Crippen LogP contribution in [0.4, 0.5) is 0 Å². The van der Waals surface area contributed by atoms with E-state index in [0.717, 1.165) is 0 Å². The largest absolute Gasteiger partial charge is 0.477 e. The molecule has 16 heavy (non-hydrogen) atoms. The highest BCUT2D eigenvalue weighted by Crippen LogP contribution is 2.15. The molecule has 0 unspecified atom stereocenters. The van der Waals surface area contributed by atoms with Gasteiger partial charge in [-0.25, -0.2) is 9.59 Å². The molecule has 0 radical (unpaired) electrons. The number of benzene rings is 1. The van der Waals surface area contributed by atoms with Gasteiger partial charge in [-0.05, 0) is 17.7 Å². The number of hydrogen-bond donors (Lipinski definition) is 2. The van der Waals surface area contributed by atoms with Gasteiger partial charge in [0, 0.05) is 5.39 Å². The second kappa shape index (κ2) is 3.79. The van der Waals surface area contributed by atoms with E-state index in [4.69, 9.17) is 14.6 Å². The number of aliphatic hydroxyl groups excluding tert-OH is 1. The molecular formula is C11H8O5. The van der Waals surface area contributed by atoms with Crippen molar-refractivity contribution >= 4 is 16.9 Å². The number of carboxylic acid groups (broad SMARTS) is 1. The molecule has 0 saturated carbocycles. The number of aliphatic hydroxyl groups is 1. The SMILES string of the molecule is O=C(O)c1cc2ccc(CO)cc2oc1=O. The van der Waals surface area contributed by atoms with Gasteiger partial charge in [0.2, 0.25) is 0 Å². The van der Waals surface area contributed by atoms with E-state index in [1.807, 2.05) is 0 Å². The molecule has 0 saturated heterocycles. The molecule has 0 amide bonds. The van der Waals surface area contributed by atoms with Gasteiger partial charge in [-0.3, -0.25) is 0 Å². The van der Waals surface area contributed by atoms with Gasteiger partial charge < -0.3 is 14.6 Å². The van der Waals surface area contributed by atoms with E-state index < -0.39 is 17.2 Å². The molecule has 0 spiro atoms. The zero-order valence-corrected chi connectivity index (χ0v) is 8.14. The molecule has 0 aliphatic rings. The summed E-state index contributed by atoms with van der Waals surface area (Å²) >= 11 is 0. The Labute approximate surface area is 89.6 Å². The van der Waals surface area contributed by atoms with Crippen molar-refractivity contribution in [2.45, 2.75) is 6.61 Å². The lowest BCUT2D eigenvalue weighted by Gasteiger charge is -2.00. The van der Waals surface area contributed by atoms with Crippen LogP contribution in [0.3, 0.4) is 0 Å². The molecule has 2 N–H and O–H groups in total. The van der Waals surface area contributed by atoms with Crippen LogP contribution >= 0.6 is 0 Å². The molecule has 0 bridgehead atoms. The van der Waals surface area contributed by atoms with Gasteiger partial charge in [-0.2, -0.15) is 0 Å². The van der Waals surface area contributed by atoms with E-state index in [1.165, 1.54) is 12.1 Å². The first-order chi connectivity index (χ1) is 7.61. The summed E-state index contributed by atoms with van der Waals surface area (Å²) in [5.74, 6) is -1.32. The van der Waals surface area contributed by atoms with E-state index in [1.54, 1.807) is 12.1 Å². The van der Waals surface area contributed by atoms with Crippen molar-refractivity contribution in [1.82, 2.24) is 0 Å². The first-order valence-electron chi connectivity index (χ1n) is 4.53. The molecule has 5 nitrogen and oxygen atoms in total.